The normalized spacial score (nSPS) is 10.5. The van der Waals surface area contributed by atoms with E-state index in [-0.39, 0.29) is 12.2 Å². The lowest BCUT2D eigenvalue weighted by molar-refractivity contribution is 0.0993. The maximum Gasteiger partial charge on any atom is 0.167 e. The first-order valence-electron chi connectivity index (χ1n) is 5.39. The minimum atomic E-state index is -0.139. The monoisotopic (exact) mass is 332 g/mol. The third-order valence-electron chi connectivity index (χ3n) is 2.58. The fourth-order valence-electron chi connectivity index (χ4n) is 1.68. The molecule has 0 spiro atoms. The first-order chi connectivity index (χ1) is 8.97. The minimum absolute atomic E-state index is 0.106. The number of halogens is 4. The molecule has 0 unspecified atom stereocenters. The van der Waals surface area contributed by atoms with Gasteiger partial charge in [0.05, 0.1) is 0 Å². The number of benzene rings is 2. The standard InChI is InChI=1S/C14H8Cl4O/c15-9-4-8(5-10(16)6-9)14(19)7-11-12(17)2-1-3-13(11)18/h1-6H,7H2. The Balaban J connectivity index is 2.31. The summed E-state index contributed by atoms with van der Waals surface area (Å²) in [5.41, 5.74) is 1.04. The van der Waals surface area contributed by atoms with Crippen molar-refractivity contribution in [2.75, 3.05) is 0 Å². The molecule has 0 radical (unpaired) electrons. The summed E-state index contributed by atoms with van der Waals surface area (Å²) in [6, 6.07) is 9.83. The maximum atomic E-state index is 12.2. The van der Waals surface area contributed by atoms with E-state index in [1.54, 1.807) is 36.4 Å². The van der Waals surface area contributed by atoms with Crippen LogP contribution >= 0.6 is 46.4 Å². The summed E-state index contributed by atoms with van der Waals surface area (Å²) in [5, 5.41) is 1.77. The zero-order valence-corrected chi connectivity index (χ0v) is 12.6. The summed E-state index contributed by atoms with van der Waals surface area (Å²) in [4.78, 5) is 12.2. The van der Waals surface area contributed by atoms with Crippen molar-refractivity contribution >= 4 is 52.2 Å². The highest BCUT2D eigenvalue weighted by Gasteiger charge is 2.13. The summed E-state index contributed by atoms with van der Waals surface area (Å²) < 4.78 is 0. The molecular weight excluding hydrogens is 326 g/mol. The fraction of sp³-hybridized carbons (Fsp3) is 0.0714. The summed E-state index contributed by atoms with van der Waals surface area (Å²) in [5.74, 6) is -0.139. The molecule has 0 N–H and O–H groups in total. The first-order valence-corrected chi connectivity index (χ1v) is 6.91. The molecule has 0 fully saturated rings. The predicted molar refractivity (Wildman–Crippen MR) is 81.0 cm³/mol. The Hall–Kier alpha value is -0.730. The van der Waals surface area contributed by atoms with Crippen molar-refractivity contribution in [2.45, 2.75) is 6.42 Å². The molecule has 0 aliphatic rings. The van der Waals surface area contributed by atoms with Gasteiger partial charge < -0.3 is 0 Å². The molecule has 2 rings (SSSR count). The van der Waals surface area contributed by atoms with Gasteiger partial charge in [-0.3, -0.25) is 4.79 Å². The average Bonchev–Trinajstić information content (AvgIpc) is 2.32. The molecule has 1 nitrogen and oxygen atoms in total. The highest BCUT2D eigenvalue weighted by molar-refractivity contribution is 6.37. The van der Waals surface area contributed by atoms with Crippen molar-refractivity contribution < 1.29 is 4.79 Å². The van der Waals surface area contributed by atoms with Gasteiger partial charge in [0.2, 0.25) is 0 Å². The van der Waals surface area contributed by atoms with Gasteiger partial charge in [-0.1, -0.05) is 52.5 Å². The average molecular weight is 334 g/mol. The minimum Gasteiger partial charge on any atom is -0.294 e. The highest BCUT2D eigenvalue weighted by atomic mass is 35.5. The molecule has 0 heterocycles. The molecule has 0 saturated heterocycles. The van der Waals surface area contributed by atoms with Gasteiger partial charge in [-0.2, -0.15) is 0 Å². The van der Waals surface area contributed by atoms with Crippen LogP contribution in [0.25, 0.3) is 0 Å². The van der Waals surface area contributed by atoms with E-state index in [9.17, 15) is 4.79 Å². The highest BCUT2D eigenvalue weighted by Crippen LogP contribution is 2.27. The van der Waals surface area contributed by atoms with E-state index < -0.39 is 0 Å². The molecule has 2 aromatic carbocycles. The third kappa shape index (κ3) is 3.64. The number of rotatable bonds is 3. The van der Waals surface area contributed by atoms with E-state index in [4.69, 9.17) is 46.4 Å². The summed E-state index contributed by atoms with van der Waals surface area (Å²) in [6.45, 7) is 0. The Labute approximate surface area is 131 Å². The molecule has 0 aromatic heterocycles. The first kappa shape index (κ1) is 14.7. The van der Waals surface area contributed by atoms with Gasteiger partial charge in [0.25, 0.3) is 0 Å². The number of hydrogen-bond acceptors (Lipinski definition) is 1. The van der Waals surface area contributed by atoms with Gasteiger partial charge in [0, 0.05) is 32.1 Å². The molecule has 0 aliphatic carbocycles. The summed E-state index contributed by atoms with van der Waals surface area (Å²) in [6.07, 6.45) is 0.106. The second kappa shape index (κ2) is 6.15. The number of Topliss-reactive ketones (excluding diaryl/α,β-unsaturated/α-hetero) is 1. The van der Waals surface area contributed by atoms with Crippen molar-refractivity contribution in [2.24, 2.45) is 0 Å². The quantitative estimate of drug-likeness (QED) is 0.656. The Morgan fingerprint density at radius 1 is 0.895 bits per heavy atom. The SMILES string of the molecule is O=C(Cc1c(Cl)cccc1Cl)c1cc(Cl)cc(Cl)c1. The van der Waals surface area contributed by atoms with Crippen molar-refractivity contribution in [1.29, 1.82) is 0 Å². The van der Waals surface area contributed by atoms with Crippen LogP contribution in [-0.2, 0) is 6.42 Å². The zero-order valence-electron chi connectivity index (χ0n) is 9.59. The van der Waals surface area contributed by atoms with Gasteiger partial charge in [0.15, 0.2) is 5.78 Å². The summed E-state index contributed by atoms with van der Waals surface area (Å²) in [7, 11) is 0. The molecule has 0 bridgehead atoms. The smallest absolute Gasteiger partial charge is 0.167 e. The lowest BCUT2D eigenvalue weighted by atomic mass is 10.0. The topological polar surface area (TPSA) is 17.1 Å². The van der Waals surface area contributed by atoms with Crippen LogP contribution in [0.3, 0.4) is 0 Å². The number of carbonyl (C=O) groups is 1. The fourth-order valence-corrected chi connectivity index (χ4v) is 2.74. The third-order valence-corrected chi connectivity index (χ3v) is 3.73. The molecule has 5 heteroatoms. The molecular formula is C14H8Cl4O. The van der Waals surface area contributed by atoms with E-state index in [0.29, 0.717) is 31.2 Å². The van der Waals surface area contributed by atoms with Crippen LogP contribution < -0.4 is 0 Å². The number of ketones is 1. The van der Waals surface area contributed by atoms with Gasteiger partial charge in [-0.15, -0.1) is 0 Å². The molecule has 0 saturated carbocycles. The van der Waals surface area contributed by atoms with Crippen LogP contribution in [0, 0.1) is 0 Å². The number of hydrogen-bond donors (Lipinski definition) is 0. The summed E-state index contributed by atoms with van der Waals surface area (Å²) >= 11 is 23.8. The lowest BCUT2D eigenvalue weighted by Gasteiger charge is -2.07. The van der Waals surface area contributed by atoms with Crippen molar-refractivity contribution in [3.05, 3.63) is 67.6 Å². The molecule has 0 amide bonds. The largest absolute Gasteiger partial charge is 0.294 e. The van der Waals surface area contributed by atoms with Crippen LogP contribution in [0.4, 0.5) is 0 Å². The Bertz CT molecular complexity index is 597. The van der Waals surface area contributed by atoms with E-state index in [2.05, 4.69) is 0 Å². The molecule has 0 atom stereocenters. The van der Waals surface area contributed by atoms with Crippen molar-refractivity contribution in [1.82, 2.24) is 0 Å². The number of carbonyl (C=O) groups excluding carboxylic acids is 1. The van der Waals surface area contributed by atoms with E-state index in [0.717, 1.165) is 0 Å². The van der Waals surface area contributed by atoms with Gasteiger partial charge in [-0.05, 0) is 35.9 Å². The molecule has 2 aromatic rings. The van der Waals surface area contributed by atoms with Crippen LogP contribution in [0.1, 0.15) is 15.9 Å². The second-order valence-electron chi connectivity index (χ2n) is 3.96. The zero-order chi connectivity index (χ0) is 14.0. The maximum absolute atomic E-state index is 12.2. The Morgan fingerprint density at radius 2 is 1.42 bits per heavy atom. The van der Waals surface area contributed by atoms with E-state index >= 15 is 0 Å². The van der Waals surface area contributed by atoms with Gasteiger partial charge in [0.1, 0.15) is 0 Å². The van der Waals surface area contributed by atoms with Crippen LogP contribution in [-0.4, -0.2) is 5.78 Å². The van der Waals surface area contributed by atoms with Crippen LogP contribution in [0.2, 0.25) is 20.1 Å². The lowest BCUT2D eigenvalue weighted by Crippen LogP contribution is -2.04. The molecule has 19 heavy (non-hydrogen) atoms. The van der Waals surface area contributed by atoms with E-state index in [1.165, 1.54) is 0 Å². The predicted octanol–water partition coefficient (Wildman–Crippen LogP) is 5.73. The van der Waals surface area contributed by atoms with Crippen molar-refractivity contribution in [3.63, 3.8) is 0 Å². The second-order valence-corrected chi connectivity index (χ2v) is 5.65. The Morgan fingerprint density at radius 3 is 1.95 bits per heavy atom. The Kier molecular flexibility index (Phi) is 4.75. The van der Waals surface area contributed by atoms with Gasteiger partial charge in [-0.25, -0.2) is 0 Å². The molecule has 98 valence electrons. The van der Waals surface area contributed by atoms with E-state index in [1.807, 2.05) is 0 Å². The molecule has 0 aliphatic heterocycles. The van der Waals surface area contributed by atoms with Crippen molar-refractivity contribution in [3.8, 4) is 0 Å². The van der Waals surface area contributed by atoms with Crippen LogP contribution in [0.5, 0.6) is 0 Å². The van der Waals surface area contributed by atoms with Crippen LogP contribution in [0.15, 0.2) is 36.4 Å². The van der Waals surface area contributed by atoms with Gasteiger partial charge >= 0.3 is 0 Å².